The fourth-order valence-corrected chi connectivity index (χ4v) is 4.38. The molecule has 6 nitrogen and oxygen atoms in total. The van der Waals surface area contributed by atoms with Crippen LogP contribution in [0.25, 0.3) is 11.4 Å². The number of benzene rings is 1. The summed E-state index contributed by atoms with van der Waals surface area (Å²) in [6.45, 7) is 0. The van der Waals surface area contributed by atoms with E-state index in [2.05, 4.69) is 19.1 Å². The van der Waals surface area contributed by atoms with E-state index < -0.39 is 20.7 Å². The predicted octanol–water partition coefficient (Wildman–Crippen LogP) is 1.94. The summed E-state index contributed by atoms with van der Waals surface area (Å²) in [5, 5.41) is 2.88. The summed E-state index contributed by atoms with van der Waals surface area (Å²) in [4.78, 5) is 8.40. The number of hydrogen-bond donors (Lipinski definition) is 1. The van der Waals surface area contributed by atoms with Crippen LogP contribution in [0.4, 0.5) is 5.69 Å². The Morgan fingerprint density at radius 3 is 2.43 bits per heavy atom. The lowest BCUT2D eigenvalue weighted by atomic mass is 10.2. The molecule has 0 fully saturated rings. The number of rotatable bonds is 4. The van der Waals surface area contributed by atoms with Crippen molar-refractivity contribution >= 4 is 26.4 Å². The molecule has 0 atom stereocenters. The van der Waals surface area contributed by atoms with Gasteiger partial charge in [-0.05, 0) is 36.8 Å². The average Bonchev–Trinajstić information content (AvgIpc) is 2.46. The van der Waals surface area contributed by atoms with Gasteiger partial charge in [-0.3, -0.25) is 0 Å². The molecule has 1 heterocycles. The van der Waals surface area contributed by atoms with Gasteiger partial charge in [0.25, 0.3) is 10.0 Å². The first kappa shape index (κ1) is 15.6. The predicted molar refractivity (Wildman–Crippen MR) is 85.8 cm³/mol. The van der Waals surface area contributed by atoms with Gasteiger partial charge in [-0.2, -0.15) is 8.42 Å². The second-order valence-electron chi connectivity index (χ2n) is 4.36. The Morgan fingerprint density at radius 2 is 1.86 bits per heavy atom. The molecule has 0 saturated carbocycles. The molecule has 112 valence electrons. The minimum absolute atomic E-state index is 0.135. The van der Waals surface area contributed by atoms with Crippen LogP contribution in [-0.4, -0.2) is 37.9 Å². The Labute approximate surface area is 126 Å². The molecule has 0 aliphatic rings. The first-order chi connectivity index (χ1) is 9.94. The molecule has 0 radical (unpaired) electrons. The average molecular weight is 324 g/mol. The van der Waals surface area contributed by atoms with Gasteiger partial charge in [-0.25, -0.2) is 9.97 Å². The minimum atomic E-state index is -3.71. The summed E-state index contributed by atoms with van der Waals surface area (Å²) in [6, 6.07) is 6.72. The summed E-state index contributed by atoms with van der Waals surface area (Å²) in [6.07, 6.45) is 6.73. The maximum absolute atomic E-state index is 12.4. The standard InChI is InChI=1S/C13H16N4O2S2/c1-14-11-6-5-10(13-15-7-4-8-16-13)9-12(11)21(18,19)17-20(2)3/h4-9,14H,1-3H3. The second-order valence-corrected chi connectivity index (χ2v) is 7.89. The maximum Gasteiger partial charge on any atom is 0.289 e. The summed E-state index contributed by atoms with van der Waals surface area (Å²) < 4.78 is 28.6. The third-order valence-corrected chi connectivity index (χ3v) is 5.47. The Bertz CT molecular complexity index is 770. The van der Waals surface area contributed by atoms with Crippen LogP contribution in [0.2, 0.25) is 0 Å². The van der Waals surface area contributed by atoms with Gasteiger partial charge in [0.2, 0.25) is 0 Å². The van der Waals surface area contributed by atoms with Crippen LogP contribution in [0.3, 0.4) is 0 Å². The molecule has 0 unspecified atom stereocenters. The number of sulfonamides is 1. The van der Waals surface area contributed by atoms with Crippen molar-refractivity contribution in [1.29, 1.82) is 0 Å². The maximum atomic E-state index is 12.4. The molecule has 0 spiro atoms. The van der Waals surface area contributed by atoms with E-state index in [0.29, 0.717) is 17.1 Å². The van der Waals surface area contributed by atoms with Crippen LogP contribution < -0.4 is 5.32 Å². The highest BCUT2D eigenvalue weighted by atomic mass is 32.3. The number of nitrogens with one attached hydrogen (secondary N) is 1. The van der Waals surface area contributed by atoms with Gasteiger partial charge in [0.1, 0.15) is 4.90 Å². The van der Waals surface area contributed by atoms with E-state index in [1.807, 2.05) is 0 Å². The number of nitrogens with zero attached hydrogens (tertiary/aromatic N) is 3. The molecule has 0 bridgehead atoms. The summed E-state index contributed by atoms with van der Waals surface area (Å²) in [5.74, 6) is 0.476. The number of aromatic nitrogens is 2. The van der Waals surface area contributed by atoms with Crippen molar-refractivity contribution in [3.05, 3.63) is 36.7 Å². The van der Waals surface area contributed by atoms with Crippen LogP contribution in [0, 0.1) is 0 Å². The molecule has 0 saturated heterocycles. The zero-order valence-corrected chi connectivity index (χ0v) is 13.6. The van der Waals surface area contributed by atoms with Gasteiger partial charge in [-0.1, -0.05) is 10.7 Å². The van der Waals surface area contributed by atoms with Crippen LogP contribution in [-0.2, 0) is 20.7 Å². The van der Waals surface area contributed by atoms with Gasteiger partial charge in [-0.15, -0.1) is 3.77 Å². The van der Waals surface area contributed by atoms with Gasteiger partial charge < -0.3 is 5.32 Å². The minimum Gasteiger partial charge on any atom is -0.387 e. The number of hydrogen-bond acceptors (Lipinski definition) is 5. The van der Waals surface area contributed by atoms with E-state index in [0.717, 1.165) is 0 Å². The first-order valence-electron chi connectivity index (χ1n) is 6.09. The fraction of sp³-hybridized carbons (Fsp3) is 0.231. The Kier molecular flexibility index (Phi) is 4.69. The summed E-state index contributed by atoms with van der Waals surface area (Å²) in [5.41, 5.74) is 1.14. The van der Waals surface area contributed by atoms with E-state index in [9.17, 15) is 8.42 Å². The Balaban J connectivity index is 2.62. The molecular weight excluding hydrogens is 308 g/mol. The zero-order valence-electron chi connectivity index (χ0n) is 11.9. The molecule has 1 aromatic heterocycles. The lowest BCUT2D eigenvalue weighted by Gasteiger charge is -2.09. The molecule has 0 aliphatic carbocycles. The highest BCUT2D eigenvalue weighted by molar-refractivity contribution is 7.99. The highest BCUT2D eigenvalue weighted by Gasteiger charge is 2.19. The van der Waals surface area contributed by atoms with Crippen molar-refractivity contribution in [2.45, 2.75) is 4.90 Å². The normalized spacial score (nSPS) is 11.4. The zero-order chi connectivity index (χ0) is 15.5. The highest BCUT2D eigenvalue weighted by Crippen LogP contribution is 2.28. The van der Waals surface area contributed by atoms with E-state index in [1.165, 1.54) is 0 Å². The van der Waals surface area contributed by atoms with Crippen LogP contribution in [0.5, 0.6) is 0 Å². The molecule has 1 aromatic carbocycles. The molecular formula is C13H16N4O2S2. The third kappa shape index (κ3) is 3.64. The van der Waals surface area contributed by atoms with Crippen LogP contribution >= 0.6 is 0 Å². The Morgan fingerprint density at radius 1 is 1.19 bits per heavy atom. The van der Waals surface area contributed by atoms with Crippen LogP contribution in [0.1, 0.15) is 0 Å². The monoisotopic (exact) mass is 324 g/mol. The lowest BCUT2D eigenvalue weighted by Crippen LogP contribution is -2.04. The second kappa shape index (κ2) is 6.31. The Hall–Kier alpha value is -1.80. The van der Waals surface area contributed by atoms with Gasteiger partial charge in [0.05, 0.1) is 5.69 Å². The van der Waals surface area contributed by atoms with E-state index >= 15 is 0 Å². The van der Waals surface area contributed by atoms with Crippen molar-refractivity contribution in [3.63, 3.8) is 0 Å². The lowest BCUT2D eigenvalue weighted by molar-refractivity contribution is 0.599. The van der Waals surface area contributed by atoms with Crippen molar-refractivity contribution in [2.24, 2.45) is 3.77 Å². The molecule has 1 N–H and O–H groups in total. The van der Waals surface area contributed by atoms with Gasteiger partial charge in [0.15, 0.2) is 5.82 Å². The molecule has 0 amide bonds. The van der Waals surface area contributed by atoms with Crippen LogP contribution in [0.15, 0.2) is 45.3 Å². The molecule has 2 rings (SSSR count). The molecule has 8 heteroatoms. The quantitative estimate of drug-likeness (QED) is 0.929. The molecule has 21 heavy (non-hydrogen) atoms. The van der Waals surface area contributed by atoms with Crippen molar-refractivity contribution in [2.75, 3.05) is 24.9 Å². The number of anilines is 1. The van der Waals surface area contributed by atoms with E-state index in [1.54, 1.807) is 56.2 Å². The fourth-order valence-electron chi connectivity index (χ4n) is 1.77. The SMILES string of the molecule is CNc1ccc(-c2ncccn2)cc1S(=O)(=O)N=S(C)C. The first-order valence-corrected chi connectivity index (χ1v) is 9.53. The topological polar surface area (TPSA) is 84.3 Å². The molecule has 2 aromatic rings. The van der Waals surface area contributed by atoms with Crippen molar-refractivity contribution < 1.29 is 8.42 Å². The summed E-state index contributed by atoms with van der Waals surface area (Å²) in [7, 11) is -2.61. The van der Waals surface area contributed by atoms with E-state index in [4.69, 9.17) is 0 Å². The third-order valence-electron chi connectivity index (χ3n) is 2.60. The van der Waals surface area contributed by atoms with Crippen molar-refractivity contribution in [3.8, 4) is 11.4 Å². The summed E-state index contributed by atoms with van der Waals surface area (Å²) >= 11 is 0. The van der Waals surface area contributed by atoms with E-state index in [-0.39, 0.29) is 4.90 Å². The van der Waals surface area contributed by atoms with Gasteiger partial charge >= 0.3 is 0 Å². The largest absolute Gasteiger partial charge is 0.387 e. The van der Waals surface area contributed by atoms with Crippen molar-refractivity contribution in [1.82, 2.24) is 9.97 Å². The smallest absolute Gasteiger partial charge is 0.289 e. The molecule has 0 aliphatic heterocycles. The van der Waals surface area contributed by atoms with Gasteiger partial charge in [0, 0.05) is 25.0 Å².